The number of nitrogens with one attached hydrogen (secondary N) is 1. The Kier molecular flexibility index (Phi) is 10.5. The van der Waals surface area contributed by atoms with Crippen molar-refractivity contribution in [3.63, 3.8) is 0 Å². The molecule has 0 fully saturated rings. The zero-order chi connectivity index (χ0) is 22.7. The molecule has 3 N–H and O–H groups in total. The van der Waals surface area contributed by atoms with Crippen LogP contribution in [0.2, 0.25) is 0 Å². The summed E-state index contributed by atoms with van der Waals surface area (Å²) in [5, 5.41) is 2.11. The molecule has 8 heteroatoms. The first-order valence-corrected chi connectivity index (χ1v) is 9.81. The highest BCUT2D eigenvalue weighted by atomic mass is 16.5. The summed E-state index contributed by atoms with van der Waals surface area (Å²) in [4.78, 5) is 39.9. The summed E-state index contributed by atoms with van der Waals surface area (Å²) in [5.41, 5.74) is 7.62. The van der Waals surface area contributed by atoms with E-state index in [9.17, 15) is 14.4 Å². The van der Waals surface area contributed by atoms with Crippen LogP contribution in [-0.4, -0.2) is 42.0 Å². The van der Waals surface area contributed by atoms with Crippen LogP contribution in [0.1, 0.15) is 68.3 Å². The molecular weight excluding hydrogens is 386 g/mol. The van der Waals surface area contributed by atoms with Crippen LogP contribution in [0.3, 0.4) is 0 Å². The van der Waals surface area contributed by atoms with Crippen LogP contribution >= 0.6 is 0 Å². The number of nitrogens with zero attached hydrogens (tertiary/aromatic N) is 1. The second-order valence-corrected chi connectivity index (χ2v) is 7.29. The fourth-order valence-electron chi connectivity index (χ4n) is 2.34. The fraction of sp³-hybridized carbons (Fsp3) is 0.455. The van der Waals surface area contributed by atoms with Crippen molar-refractivity contribution in [1.82, 2.24) is 10.3 Å². The first-order chi connectivity index (χ1) is 14.1. The van der Waals surface area contributed by atoms with Crippen LogP contribution in [-0.2, 0) is 9.53 Å². The summed E-state index contributed by atoms with van der Waals surface area (Å²) in [6.45, 7) is 9.42. The number of hydrogen-bond donors (Lipinski definition) is 2. The number of imide groups is 1. The number of nitrogens with two attached hydrogens (primary N) is 1. The van der Waals surface area contributed by atoms with Gasteiger partial charge in [0.05, 0.1) is 18.2 Å². The summed E-state index contributed by atoms with van der Waals surface area (Å²) in [5.74, 6) is -1.91. The van der Waals surface area contributed by atoms with Gasteiger partial charge in [0.1, 0.15) is 6.61 Å². The monoisotopic (exact) mass is 417 g/mol. The van der Waals surface area contributed by atoms with Gasteiger partial charge in [0.15, 0.2) is 11.4 Å². The standard InChI is InChI=1S/C22H31N3O5/c1-14(2)7-6-8-16(5)9-10-29-22(28)17-11-18(30-15(3)4)20(24-13-17)21(27)25-19(26)12-23/h7,9,11,13,15H,6,8,10,12,23H2,1-5H3,(H,25,26,27)/b16-9+. The Balaban J connectivity index is 2.85. The molecule has 0 aliphatic rings. The molecule has 8 nitrogen and oxygen atoms in total. The van der Waals surface area contributed by atoms with E-state index in [2.05, 4.69) is 30.2 Å². The van der Waals surface area contributed by atoms with Crippen molar-refractivity contribution in [3.8, 4) is 5.75 Å². The highest BCUT2D eigenvalue weighted by Crippen LogP contribution is 2.20. The molecule has 0 unspecified atom stereocenters. The van der Waals surface area contributed by atoms with Crippen LogP contribution < -0.4 is 15.8 Å². The fourth-order valence-corrected chi connectivity index (χ4v) is 2.34. The van der Waals surface area contributed by atoms with Gasteiger partial charge in [0.25, 0.3) is 5.91 Å². The number of carbonyl (C=O) groups excluding carboxylic acids is 3. The van der Waals surface area contributed by atoms with Gasteiger partial charge in [-0.25, -0.2) is 9.78 Å². The molecule has 0 bridgehead atoms. The quantitative estimate of drug-likeness (QED) is 0.443. The number of ether oxygens (including phenoxy) is 2. The van der Waals surface area contributed by atoms with Crippen LogP contribution in [0.5, 0.6) is 5.75 Å². The number of rotatable bonds is 10. The van der Waals surface area contributed by atoms with Crippen LogP contribution in [0.4, 0.5) is 0 Å². The Bertz CT molecular complexity index is 824. The molecule has 1 heterocycles. The second kappa shape index (κ2) is 12.5. The van der Waals surface area contributed by atoms with Crippen molar-refractivity contribution in [2.24, 2.45) is 5.73 Å². The zero-order valence-corrected chi connectivity index (χ0v) is 18.3. The van der Waals surface area contributed by atoms with E-state index < -0.39 is 17.8 Å². The summed E-state index contributed by atoms with van der Waals surface area (Å²) in [6.07, 6.45) is 6.78. The normalized spacial score (nSPS) is 11.1. The van der Waals surface area contributed by atoms with Crippen molar-refractivity contribution in [1.29, 1.82) is 0 Å². The molecule has 0 aliphatic carbocycles. The number of hydrogen-bond acceptors (Lipinski definition) is 7. The first kappa shape index (κ1) is 25.0. The van der Waals surface area contributed by atoms with E-state index in [4.69, 9.17) is 15.2 Å². The van der Waals surface area contributed by atoms with Gasteiger partial charge in [-0.15, -0.1) is 0 Å². The predicted molar refractivity (Wildman–Crippen MR) is 114 cm³/mol. The predicted octanol–water partition coefficient (Wildman–Crippen LogP) is 2.93. The molecule has 0 spiro atoms. The third kappa shape index (κ3) is 9.00. The number of esters is 1. The Labute approximate surface area is 177 Å². The van der Waals surface area contributed by atoms with Crippen LogP contribution in [0, 0.1) is 0 Å². The van der Waals surface area contributed by atoms with E-state index >= 15 is 0 Å². The maximum Gasteiger partial charge on any atom is 0.340 e. The number of aromatic nitrogens is 1. The van der Waals surface area contributed by atoms with E-state index in [1.54, 1.807) is 13.8 Å². The molecular formula is C22H31N3O5. The summed E-state index contributed by atoms with van der Waals surface area (Å²) < 4.78 is 10.9. The lowest BCUT2D eigenvalue weighted by Gasteiger charge is -2.14. The molecule has 0 radical (unpaired) electrons. The number of amides is 2. The topological polar surface area (TPSA) is 121 Å². The Morgan fingerprint density at radius 3 is 2.50 bits per heavy atom. The molecule has 30 heavy (non-hydrogen) atoms. The molecule has 1 aromatic rings. The maximum absolute atomic E-state index is 12.3. The minimum absolute atomic E-state index is 0.0789. The van der Waals surface area contributed by atoms with Gasteiger partial charge in [-0.05, 0) is 59.6 Å². The molecule has 0 saturated heterocycles. The molecule has 0 aromatic carbocycles. The van der Waals surface area contributed by atoms with E-state index in [1.165, 1.54) is 17.8 Å². The Morgan fingerprint density at radius 1 is 1.20 bits per heavy atom. The lowest BCUT2D eigenvalue weighted by molar-refractivity contribution is -0.118. The smallest absolute Gasteiger partial charge is 0.340 e. The van der Waals surface area contributed by atoms with Crippen molar-refractivity contribution in [2.45, 2.75) is 53.6 Å². The molecule has 2 amide bonds. The largest absolute Gasteiger partial charge is 0.489 e. The van der Waals surface area contributed by atoms with Crippen molar-refractivity contribution >= 4 is 17.8 Å². The van der Waals surface area contributed by atoms with Crippen LogP contribution in [0.15, 0.2) is 35.6 Å². The highest BCUT2D eigenvalue weighted by molar-refractivity contribution is 6.06. The lowest BCUT2D eigenvalue weighted by Crippen LogP contribution is -2.36. The van der Waals surface area contributed by atoms with Gasteiger partial charge in [-0.3, -0.25) is 14.9 Å². The zero-order valence-electron chi connectivity index (χ0n) is 18.3. The molecule has 1 aromatic heterocycles. The van der Waals surface area contributed by atoms with Crippen molar-refractivity contribution in [2.75, 3.05) is 13.2 Å². The molecule has 0 aliphatic heterocycles. The summed E-state index contributed by atoms with van der Waals surface area (Å²) >= 11 is 0. The van der Waals surface area contributed by atoms with Crippen molar-refractivity contribution in [3.05, 3.63) is 46.8 Å². The highest BCUT2D eigenvalue weighted by Gasteiger charge is 2.20. The van der Waals surface area contributed by atoms with Gasteiger partial charge in [-0.2, -0.15) is 0 Å². The third-order valence-corrected chi connectivity index (χ3v) is 3.84. The van der Waals surface area contributed by atoms with Gasteiger partial charge in [0.2, 0.25) is 5.91 Å². The van der Waals surface area contributed by atoms with E-state index in [-0.39, 0.29) is 36.3 Å². The van der Waals surface area contributed by atoms with E-state index in [1.807, 2.05) is 13.0 Å². The van der Waals surface area contributed by atoms with Crippen molar-refractivity contribution < 1.29 is 23.9 Å². The second-order valence-electron chi connectivity index (χ2n) is 7.29. The average Bonchev–Trinajstić information content (AvgIpc) is 2.66. The minimum Gasteiger partial charge on any atom is -0.489 e. The van der Waals surface area contributed by atoms with Gasteiger partial charge >= 0.3 is 5.97 Å². The van der Waals surface area contributed by atoms with Crippen LogP contribution in [0.25, 0.3) is 0 Å². The van der Waals surface area contributed by atoms with E-state index in [0.29, 0.717) is 0 Å². The molecule has 164 valence electrons. The van der Waals surface area contributed by atoms with E-state index in [0.717, 1.165) is 18.4 Å². The molecule has 0 saturated carbocycles. The SMILES string of the molecule is CC(C)=CCC/C(C)=C/COC(=O)c1cnc(C(=O)NC(=O)CN)c(OC(C)C)c1. The summed E-state index contributed by atoms with van der Waals surface area (Å²) in [6, 6.07) is 1.38. The Hall–Kier alpha value is -3.00. The molecule has 1 rings (SSSR count). The van der Waals surface area contributed by atoms with Gasteiger partial charge in [-0.1, -0.05) is 17.2 Å². The Morgan fingerprint density at radius 2 is 1.90 bits per heavy atom. The van der Waals surface area contributed by atoms with Gasteiger partial charge < -0.3 is 15.2 Å². The number of pyridine rings is 1. The first-order valence-electron chi connectivity index (χ1n) is 9.81. The summed E-state index contributed by atoms with van der Waals surface area (Å²) in [7, 11) is 0. The maximum atomic E-state index is 12.3. The third-order valence-electron chi connectivity index (χ3n) is 3.84. The number of carbonyl (C=O) groups is 3. The lowest BCUT2D eigenvalue weighted by atomic mass is 10.1. The minimum atomic E-state index is -0.754. The number of allylic oxidation sites excluding steroid dienone is 3. The average molecular weight is 418 g/mol. The molecule has 0 atom stereocenters. The van der Waals surface area contributed by atoms with Gasteiger partial charge in [0, 0.05) is 6.20 Å².